The Morgan fingerprint density at radius 2 is 0.950 bits per heavy atom. The molecule has 0 saturated carbocycles. The molecule has 0 fully saturated rings. The molecule has 3 heterocycles. The van der Waals surface area contributed by atoms with Gasteiger partial charge in [-0.05, 0) is 77.5 Å². The zero-order valence-corrected chi connectivity index (χ0v) is 21.6. The first-order valence-corrected chi connectivity index (χ1v) is 13.7. The molecule has 0 aliphatic carbocycles. The molecule has 40 heavy (non-hydrogen) atoms. The highest BCUT2D eigenvalue weighted by Crippen LogP contribution is 2.39. The third kappa shape index (κ3) is 2.97. The van der Waals surface area contributed by atoms with E-state index >= 15 is 0 Å². The third-order valence-electron chi connectivity index (χ3n) is 8.25. The van der Waals surface area contributed by atoms with E-state index in [2.05, 4.69) is 149 Å². The van der Waals surface area contributed by atoms with Crippen molar-refractivity contribution in [2.24, 2.45) is 0 Å². The monoisotopic (exact) mass is 509 g/mol. The minimum Gasteiger partial charge on any atom is -0.309 e. The summed E-state index contributed by atoms with van der Waals surface area (Å²) < 4.78 is 4.70. The summed E-state index contributed by atoms with van der Waals surface area (Å²) in [4.78, 5) is 5.09. The second-order valence-corrected chi connectivity index (χ2v) is 10.5. The van der Waals surface area contributed by atoms with Crippen LogP contribution in [-0.4, -0.2) is 14.1 Å². The van der Waals surface area contributed by atoms with Crippen LogP contribution in [0.3, 0.4) is 0 Å². The Morgan fingerprint density at radius 3 is 1.68 bits per heavy atom. The van der Waals surface area contributed by atoms with E-state index in [1.807, 2.05) is 0 Å². The second-order valence-electron chi connectivity index (χ2n) is 10.5. The SMILES string of the molecule is c1ccc(-n2c3ccccc3c3cc4cc5c(cc4cc32)c2ccccc2n5-c2ccc3ccccc3n2)cc1. The molecular formula is C37H23N3. The van der Waals surface area contributed by atoms with Gasteiger partial charge < -0.3 is 4.57 Å². The number of hydrogen-bond donors (Lipinski definition) is 0. The van der Waals surface area contributed by atoms with E-state index < -0.39 is 0 Å². The highest BCUT2D eigenvalue weighted by Gasteiger charge is 2.17. The molecule has 9 aromatic rings. The molecule has 0 radical (unpaired) electrons. The zero-order chi connectivity index (χ0) is 26.2. The molecule has 0 unspecified atom stereocenters. The van der Waals surface area contributed by atoms with Gasteiger partial charge in [0.05, 0.1) is 27.6 Å². The molecule has 0 aliphatic rings. The van der Waals surface area contributed by atoms with Gasteiger partial charge in [0.1, 0.15) is 5.82 Å². The van der Waals surface area contributed by atoms with Crippen molar-refractivity contribution in [2.45, 2.75) is 0 Å². The van der Waals surface area contributed by atoms with Gasteiger partial charge in [-0.1, -0.05) is 72.8 Å². The molecule has 0 spiro atoms. The molecule has 3 aromatic heterocycles. The van der Waals surface area contributed by atoms with Crippen molar-refractivity contribution in [1.29, 1.82) is 0 Å². The van der Waals surface area contributed by atoms with E-state index in [9.17, 15) is 0 Å². The van der Waals surface area contributed by atoms with Crippen LogP contribution in [0.25, 0.3) is 76.8 Å². The van der Waals surface area contributed by atoms with Crippen molar-refractivity contribution in [3.63, 3.8) is 0 Å². The Morgan fingerprint density at radius 1 is 0.375 bits per heavy atom. The van der Waals surface area contributed by atoms with Crippen LogP contribution in [0.1, 0.15) is 0 Å². The molecule has 0 N–H and O–H groups in total. The molecule has 0 atom stereocenters. The summed E-state index contributed by atoms with van der Waals surface area (Å²) in [6.07, 6.45) is 0. The van der Waals surface area contributed by atoms with Gasteiger partial charge in [-0.25, -0.2) is 4.98 Å². The Labute approximate surface area is 230 Å². The van der Waals surface area contributed by atoms with E-state index in [0.717, 1.165) is 16.7 Å². The van der Waals surface area contributed by atoms with E-state index in [-0.39, 0.29) is 0 Å². The maximum absolute atomic E-state index is 5.09. The second kappa shape index (κ2) is 8.05. The number of fused-ring (bicyclic) bond motifs is 8. The van der Waals surface area contributed by atoms with Crippen LogP contribution >= 0.6 is 0 Å². The Balaban J connectivity index is 1.40. The Bertz CT molecular complexity index is 2430. The topological polar surface area (TPSA) is 22.8 Å². The van der Waals surface area contributed by atoms with Crippen molar-refractivity contribution >= 4 is 65.3 Å². The minimum atomic E-state index is 0.936. The largest absolute Gasteiger partial charge is 0.309 e. The molecule has 0 saturated heterocycles. The molecule has 3 nitrogen and oxygen atoms in total. The van der Waals surface area contributed by atoms with E-state index in [1.165, 1.54) is 60.1 Å². The average molecular weight is 510 g/mol. The molecular weight excluding hydrogens is 486 g/mol. The maximum Gasteiger partial charge on any atom is 0.138 e. The summed E-state index contributed by atoms with van der Waals surface area (Å²) in [5.41, 5.74) is 6.95. The van der Waals surface area contributed by atoms with E-state index in [0.29, 0.717) is 0 Å². The van der Waals surface area contributed by atoms with Gasteiger partial charge >= 0.3 is 0 Å². The van der Waals surface area contributed by atoms with Crippen molar-refractivity contribution in [2.75, 3.05) is 0 Å². The lowest BCUT2D eigenvalue weighted by Crippen LogP contribution is -1.97. The molecule has 0 amide bonds. The van der Waals surface area contributed by atoms with Crippen LogP contribution in [-0.2, 0) is 0 Å². The lowest BCUT2D eigenvalue weighted by Gasteiger charge is -2.10. The number of nitrogens with zero attached hydrogens (tertiary/aromatic N) is 3. The molecule has 9 rings (SSSR count). The number of pyridine rings is 1. The molecule has 186 valence electrons. The van der Waals surface area contributed by atoms with Crippen molar-refractivity contribution in [3.05, 3.63) is 140 Å². The number of para-hydroxylation sites is 4. The highest BCUT2D eigenvalue weighted by molar-refractivity contribution is 6.18. The number of rotatable bonds is 2. The molecule has 6 aromatic carbocycles. The number of hydrogen-bond acceptors (Lipinski definition) is 1. The van der Waals surface area contributed by atoms with E-state index in [1.54, 1.807) is 0 Å². The minimum absolute atomic E-state index is 0.936. The van der Waals surface area contributed by atoms with Crippen molar-refractivity contribution < 1.29 is 0 Å². The van der Waals surface area contributed by atoms with Crippen LogP contribution in [0, 0.1) is 0 Å². The predicted molar refractivity (Wildman–Crippen MR) is 168 cm³/mol. The lowest BCUT2D eigenvalue weighted by molar-refractivity contribution is 1.10. The highest BCUT2D eigenvalue weighted by atomic mass is 15.1. The Hall–Kier alpha value is -5.41. The van der Waals surface area contributed by atoms with Crippen LogP contribution in [0.4, 0.5) is 0 Å². The Kier molecular flexibility index (Phi) is 4.33. The summed E-state index contributed by atoms with van der Waals surface area (Å²) in [5, 5.41) is 8.60. The number of aromatic nitrogens is 3. The predicted octanol–water partition coefficient (Wildman–Crippen LogP) is 9.58. The van der Waals surface area contributed by atoms with E-state index in [4.69, 9.17) is 4.98 Å². The van der Waals surface area contributed by atoms with Crippen molar-refractivity contribution in [1.82, 2.24) is 14.1 Å². The van der Waals surface area contributed by atoms with Gasteiger partial charge in [0.25, 0.3) is 0 Å². The fourth-order valence-corrected chi connectivity index (χ4v) is 6.46. The van der Waals surface area contributed by atoms with Crippen LogP contribution in [0.15, 0.2) is 140 Å². The fraction of sp³-hybridized carbons (Fsp3) is 0. The van der Waals surface area contributed by atoms with Gasteiger partial charge in [0.2, 0.25) is 0 Å². The average Bonchev–Trinajstić information content (AvgIpc) is 3.51. The first kappa shape index (κ1) is 21.5. The van der Waals surface area contributed by atoms with Crippen LogP contribution in [0.5, 0.6) is 0 Å². The summed E-state index contributed by atoms with van der Waals surface area (Å²) in [5.74, 6) is 0.936. The maximum atomic E-state index is 5.09. The molecule has 0 bridgehead atoms. The first-order chi connectivity index (χ1) is 19.8. The van der Waals surface area contributed by atoms with Crippen molar-refractivity contribution in [3.8, 4) is 11.5 Å². The van der Waals surface area contributed by atoms with Gasteiger partial charge in [-0.3, -0.25) is 4.57 Å². The van der Waals surface area contributed by atoms with Gasteiger partial charge in [0, 0.05) is 32.6 Å². The molecule has 0 aliphatic heterocycles. The number of benzene rings is 6. The van der Waals surface area contributed by atoms with Gasteiger partial charge in [-0.15, -0.1) is 0 Å². The molecule has 3 heteroatoms. The standard InChI is InChI=1S/C37H23N3/c1-2-11-27(12-3-1)39-33-16-8-5-13-28(33)30-20-26-23-36-31(21-25(26)22-35(30)39)29-14-6-9-17-34(29)40(36)37-19-18-24-10-4-7-15-32(24)38-37/h1-23H. The smallest absolute Gasteiger partial charge is 0.138 e. The fourth-order valence-electron chi connectivity index (χ4n) is 6.46. The first-order valence-electron chi connectivity index (χ1n) is 13.7. The normalized spacial score (nSPS) is 12.0. The summed E-state index contributed by atoms with van der Waals surface area (Å²) in [6.45, 7) is 0. The summed E-state index contributed by atoms with van der Waals surface area (Å²) in [6, 6.07) is 50.1. The zero-order valence-electron chi connectivity index (χ0n) is 21.6. The third-order valence-corrected chi connectivity index (χ3v) is 8.25. The van der Waals surface area contributed by atoms with Gasteiger partial charge in [-0.2, -0.15) is 0 Å². The lowest BCUT2D eigenvalue weighted by atomic mass is 10.0. The van der Waals surface area contributed by atoms with Crippen LogP contribution < -0.4 is 0 Å². The quantitative estimate of drug-likeness (QED) is 0.227. The van der Waals surface area contributed by atoms with Crippen LogP contribution in [0.2, 0.25) is 0 Å². The summed E-state index contributed by atoms with van der Waals surface area (Å²) in [7, 11) is 0. The summed E-state index contributed by atoms with van der Waals surface area (Å²) >= 11 is 0. The van der Waals surface area contributed by atoms with Gasteiger partial charge in [0.15, 0.2) is 0 Å².